The molecule has 1 heterocycles. The number of carbonyl (C=O) groups excluding carboxylic acids is 2. The summed E-state index contributed by atoms with van der Waals surface area (Å²) in [5, 5.41) is -0.672. The molecule has 2 amide bonds. The highest BCUT2D eigenvalue weighted by Crippen LogP contribution is 2.29. The average molecular weight is 355 g/mol. The Kier molecular flexibility index (Phi) is 5.43. The van der Waals surface area contributed by atoms with Crippen LogP contribution in [0, 0.1) is 5.92 Å². The summed E-state index contributed by atoms with van der Waals surface area (Å²) < 4.78 is 12.9. The first kappa shape index (κ1) is 17.5. The van der Waals surface area contributed by atoms with Crippen molar-refractivity contribution in [3.63, 3.8) is 0 Å². The first-order valence-corrected chi connectivity index (χ1v) is 9.68. The van der Waals surface area contributed by atoms with Gasteiger partial charge in [-0.05, 0) is 30.5 Å². The largest absolute Gasteiger partial charge is 0.277 e. The molecule has 3 unspecified atom stereocenters. The molecule has 3 rings (SSSR count). The molecule has 1 fully saturated rings. The number of hydrogen-bond donors (Lipinski definition) is 0. The lowest BCUT2D eigenvalue weighted by molar-refractivity contribution is -0.152. The van der Waals surface area contributed by atoms with Crippen molar-refractivity contribution >= 4 is 22.6 Å². The predicted octanol–water partition coefficient (Wildman–Crippen LogP) is 3.15. The maximum atomic E-state index is 12.9. The summed E-state index contributed by atoms with van der Waals surface area (Å²) in [7, 11) is -1.46. The topological polar surface area (TPSA) is 54.5 Å². The van der Waals surface area contributed by atoms with Crippen molar-refractivity contribution in [2.45, 2.75) is 36.5 Å². The standard InChI is InChI=1S/C20H21NO3S/c1-2-16-13-18(25(24)17-11-7-4-8-12-17)20(23)21(19(16)22)14-15-9-5-3-6-10-15/h3-12,16,18H,2,13-14H2,1H3. The minimum absolute atomic E-state index is 0.155. The number of imide groups is 1. The fraction of sp³-hybridized carbons (Fsp3) is 0.300. The summed E-state index contributed by atoms with van der Waals surface area (Å²) in [6.45, 7) is 2.17. The molecule has 0 aliphatic carbocycles. The number of carbonyl (C=O) groups is 2. The van der Waals surface area contributed by atoms with Crippen LogP contribution in [0.15, 0.2) is 65.6 Å². The first-order valence-electron chi connectivity index (χ1n) is 8.46. The van der Waals surface area contributed by atoms with Crippen LogP contribution in [0.4, 0.5) is 0 Å². The molecule has 1 saturated heterocycles. The Labute approximate surface area is 150 Å². The molecule has 0 aromatic heterocycles. The third-order valence-electron chi connectivity index (χ3n) is 4.57. The van der Waals surface area contributed by atoms with Crippen molar-refractivity contribution in [1.29, 1.82) is 0 Å². The summed E-state index contributed by atoms with van der Waals surface area (Å²) in [5.74, 6) is -0.752. The lowest BCUT2D eigenvalue weighted by Crippen LogP contribution is -2.52. The third kappa shape index (κ3) is 3.71. The predicted molar refractivity (Wildman–Crippen MR) is 97.0 cm³/mol. The quantitative estimate of drug-likeness (QED) is 0.774. The van der Waals surface area contributed by atoms with Crippen molar-refractivity contribution in [2.75, 3.05) is 0 Å². The SMILES string of the molecule is CCC1CC(S(=O)c2ccccc2)C(=O)N(Cc2ccccc2)C1=O. The number of benzene rings is 2. The molecule has 0 N–H and O–H groups in total. The Morgan fingerprint density at radius 3 is 2.16 bits per heavy atom. The van der Waals surface area contributed by atoms with E-state index in [9.17, 15) is 13.8 Å². The van der Waals surface area contributed by atoms with E-state index in [-0.39, 0.29) is 24.3 Å². The Hall–Kier alpha value is -2.27. The molecule has 130 valence electrons. The molecule has 0 radical (unpaired) electrons. The molecule has 5 heteroatoms. The summed E-state index contributed by atoms with van der Waals surface area (Å²) in [5.41, 5.74) is 0.894. The van der Waals surface area contributed by atoms with Gasteiger partial charge in [0.05, 0.1) is 17.3 Å². The van der Waals surface area contributed by atoms with Gasteiger partial charge in [-0.2, -0.15) is 0 Å². The highest BCUT2D eigenvalue weighted by molar-refractivity contribution is 7.86. The second-order valence-corrected chi connectivity index (χ2v) is 7.82. The van der Waals surface area contributed by atoms with Crippen LogP contribution in [0.25, 0.3) is 0 Å². The maximum absolute atomic E-state index is 12.9. The van der Waals surface area contributed by atoms with Crippen molar-refractivity contribution in [3.05, 3.63) is 66.2 Å². The van der Waals surface area contributed by atoms with E-state index in [0.29, 0.717) is 17.7 Å². The number of amides is 2. The van der Waals surface area contributed by atoms with Crippen molar-refractivity contribution in [3.8, 4) is 0 Å². The Morgan fingerprint density at radius 1 is 0.960 bits per heavy atom. The molecule has 4 nitrogen and oxygen atoms in total. The number of likely N-dealkylation sites (tertiary alicyclic amines) is 1. The van der Waals surface area contributed by atoms with Gasteiger partial charge in [0.1, 0.15) is 5.25 Å². The van der Waals surface area contributed by atoms with E-state index in [1.165, 1.54) is 4.90 Å². The number of rotatable bonds is 5. The van der Waals surface area contributed by atoms with Gasteiger partial charge < -0.3 is 0 Å². The number of nitrogens with zero attached hydrogens (tertiary/aromatic N) is 1. The third-order valence-corrected chi connectivity index (χ3v) is 6.21. The van der Waals surface area contributed by atoms with Gasteiger partial charge in [0, 0.05) is 10.8 Å². The molecule has 2 aromatic rings. The molecule has 0 bridgehead atoms. The second-order valence-electron chi connectivity index (χ2n) is 6.19. The zero-order chi connectivity index (χ0) is 17.8. The molecular formula is C20H21NO3S. The number of piperidine rings is 1. The van der Waals surface area contributed by atoms with Crippen LogP contribution in [0.5, 0.6) is 0 Å². The van der Waals surface area contributed by atoms with Crippen LogP contribution in [-0.4, -0.2) is 26.2 Å². The number of hydrogen-bond acceptors (Lipinski definition) is 3. The van der Waals surface area contributed by atoms with Gasteiger partial charge in [-0.25, -0.2) is 0 Å². The smallest absolute Gasteiger partial charge is 0.245 e. The normalized spacial score (nSPS) is 22.0. The van der Waals surface area contributed by atoms with Crippen molar-refractivity contribution in [2.24, 2.45) is 5.92 Å². The summed E-state index contributed by atoms with van der Waals surface area (Å²) in [6, 6.07) is 18.4. The van der Waals surface area contributed by atoms with Gasteiger partial charge in [-0.1, -0.05) is 55.5 Å². The molecule has 1 aliphatic rings. The second kappa shape index (κ2) is 7.74. The molecule has 25 heavy (non-hydrogen) atoms. The van der Waals surface area contributed by atoms with Crippen LogP contribution in [0.1, 0.15) is 25.3 Å². The zero-order valence-electron chi connectivity index (χ0n) is 14.1. The lowest BCUT2D eigenvalue weighted by Gasteiger charge is -2.34. The Morgan fingerprint density at radius 2 is 1.56 bits per heavy atom. The van der Waals surface area contributed by atoms with E-state index >= 15 is 0 Å². The van der Waals surface area contributed by atoms with E-state index < -0.39 is 16.0 Å². The van der Waals surface area contributed by atoms with Crippen molar-refractivity contribution < 1.29 is 13.8 Å². The Bertz CT molecular complexity index is 772. The van der Waals surface area contributed by atoms with E-state index in [2.05, 4.69) is 0 Å². The van der Waals surface area contributed by atoms with Crippen LogP contribution < -0.4 is 0 Å². The van der Waals surface area contributed by atoms with Crippen LogP contribution in [-0.2, 0) is 26.9 Å². The summed E-state index contributed by atoms with van der Waals surface area (Å²) >= 11 is 0. The fourth-order valence-corrected chi connectivity index (χ4v) is 4.60. The zero-order valence-corrected chi connectivity index (χ0v) is 14.9. The van der Waals surface area contributed by atoms with Crippen molar-refractivity contribution in [1.82, 2.24) is 4.90 Å². The van der Waals surface area contributed by atoms with Crippen LogP contribution in [0.2, 0.25) is 0 Å². The summed E-state index contributed by atoms with van der Waals surface area (Å²) in [6.07, 6.45) is 0.987. The van der Waals surface area contributed by atoms with Gasteiger partial charge >= 0.3 is 0 Å². The first-order chi connectivity index (χ1) is 12.1. The lowest BCUT2D eigenvalue weighted by atomic mass is 9.93. The molecule has 0 saturated carbocycles. The van der Waals surface area contributed by atoms with Gasteiger partial charge in [0.15, 0.2) is 0 Å². The van der Waals surface area contributed by atoms with E-state index in [4.69, 9.17) is 0 Å². The highest BCUT2D eigenvalue weighted by atomic mass is 32.2. The highest BCUT2D eigenvalue weighted by Gasteiger charge is 2.43. The summed E-state index contributed by atoms with van der Waals surface area (Å²) in [4.78, 5) is 27.5. The van der Waals surface area contributed by atoms with Crippen LogP contribution >= 0.6 is 0 Å². The van der Waals surface area contributed by atoms with E-state index in [0.717, 1.165) is 5.56 Å². The minimum atomic E-state index is -1.46. The fourth-order valence-electron chi connectivity index (χ4n) is 3.12. The molecular weight excluding hydrogens is 334 g/mol. The van der Waals surface area contributed by atoms with Crippen LogP contribution in [0.3, 0.4) is 0 Å². The maximum Gasteiger partial charge on any atom is 0.245 e. The Balaban J connectivity index is 1.88. The van der Waals surface area contributed by atoms with Gasteiger partial charge in [0.25, 0.3) is 0 Å². The van der Waals surface area contributed by atoms with Gasteiger partial charge in [0.2, 0.25) is 11.8 Å². The minimum Gasteiger partial charge on any atom is -0.277 e. The molecule has 0 spiro atoms. The molecule has 1 aliphatic heterocycles. The monoisotopic (exact) mass is 355 g/mol. The van der Waals surface area contributed by atoms with E-state index in [1.807, 2.05) is 55.5 Å². The molecule has 3 atom stereocenters. The average Bonchev–Trinajstić information content (AvgIpc) is 2.66. The molecule has 2 aromatic carbocycles. The van der Waals surface area contributed by atoms with Gasteiger partial charge in [-0.15, -0.1) is 0 Å². The van der Waals surface area contributed by atoms with E-state index in [1.54, 1.807) is 12.1 Å². The van der Waals surface area contributed by atoms with Gasteiger partial charge in [-0.3, -0.25) is 18.7 Å².